The van der Waals surface area contributed by atoms with Crippen LogP contribution in [-0.4, -0.2) is 11.2 Å². The molecule has 0 aliphatic carbocycles. The zero-order valence-electron chi connectivity index (χ0n) is 12.6. The van der Waals surface area contributed by atoms with Crippen LogP contribution in [0.15, 0.2) is 71.6 Å². The molecule has 0 heterocycles. The van der Waals surface area contributed by atoms with Gasteiger partial charge in [-0.3, -0.25) is 4.79 Å². The van der Waals surface area contributed by atoms with Crippen LogP contribution in [0, 0.1) is 0 Å². The average molecular weight is 342 g/mol. The van der Waals surface area contributed by atoms with Crippen molar-refractivity contribution in [1.82, 2.24) is 0 Å². The van der Waals surface area contributed by atoms with Gasteiger partial charge in [0.25, 0.3) is 0 Å². The van der Waals surface area contributed by atoms with Crippen LogP contribution in [0.3, 0.4) is 0 Å². The summed E-state index contributed by atoms with van der Waals surface area (Å²) in [6.45, 7) is 1.90. The lowest BCUT2D eigenvalue weighted by Crippen LogP contribution is -2.22. The van der Waals surface area contributed by atoms with Gasteiger partial charge in [-0.2, -0.15) is 0 Å². The number of thioether (sulfide) groups is 1. The molecule has 0 radical (unpaired) electrons. The minimum atomic E-state index is -0.192. The van der Waals surface area contributed by atoms with Gasteiger partial charge < -0.3 is 5.32 Å². The van der Waals surface area contributed by atoms with Gasteiger partial charge in [0.05, 0.1) is 5.25 Å². The van der Waals surface area contributed by atoms with E-state index >= 15 is 0 Å². The predicted octanol–water partition coefficient (Wildman–Crippen LogP) is 5.61. The SMILES string of the molecule is CC(Sc1ccc(Cl)cc1)C(=O)Nc1ccc2ccccc2c1. The maximum atomic E-state index is 12.4. The van der Waals surface area contributed by atoms with E-state index < -0.39 is 0 Å². The fourth-order valence-electron chi connectivity index (χ4n) is 2.28. The molecule has 0 aliphatic rings. The highest BCUT2D eigenvalue weighted by atomic mass is 35.5. The van der Waals surface area contributed by atoms with E-state index in [1.807, 2.05) is 67.6 Å². The maximum absolute atomic E-state index is 12.4. The second-order valence-electron chi connectivity index (χ2n) is 5.27. The van der Waals surface area contributed by atoms with Crippen LogP contribution < -0.4 is 5.32 Å². The van der Waals surface area contributed by atoms with E-state index in [9.17, 15) is 4.79 Å². The van der Waals surface area contributed by atoms with Crippen LogP contribution >= 0.6 is 23.4 Å². The quantitative estimate of drug-likeness (QED) is 0.625. The van der Waals surface area contributed by atoms with E-state index in [2.05, 4.69) is 11.4 Å². The molecule has 0 bridgehead atoms. The molecule has 23 heavy (non-hydrogen) atoms. The largest absolute Gasteiger partial charge is 0.325 e. The fourth-order valence-corrected chi connectivity index (χ4v) is 3.28. The molecule has 0 saturated carbocycles. The molecule has 3 aromatic carbocycles. The molecule has 1 atom stereocenters. The Kier molecular flexibility index (Phi) is 4.89. The van der Waals surface area contributed by atoms with E-state index in [-0.39, 0.29) is 11.2 Å². The Bertz CT molecular complexity index is 832. The molecule has 3 aromatic rings. The highest BCUT2D eigenvalue weighted by molar-refractivity contribution is 8.00. The number of halogens is 1. The second-order valence-corrected chi connectivity index (χ2v) is 7.12. The highest BCUT2D eigenvalue weighted by Crippen LogP contribution is 2.26. The van der Waals surface area contributed by atoms with Crippen molar-refractivity contribution >= 4 is 45.7 Å². The van der Waals surface area contributed by atoms with Crippen molar-refractivity contribution < 1.29 is 4.79 Å². The van der Waals surface area contributed by atoms with Crippen molar-refractivity contribution in [2.24, 2.45) is 0 Å². The highest BCUT2D eigenvalue weighted by Gasteiger charge is 2.14. The summed E-state index contributed by atoms with van der Waals surface area (Å²) >= 11 is 7.39. The van der Waals surface area contributed by atoms with Gasteiger partial charge in [0.1, 0.15) is 0 Å². The number of fused-ring (bicyclic) bond motifs is 1. The number of carbonyl (C=O) groups is 1. The molecule has 1 amide bonds. The molecule has 0 spiro atoms. The number of amides is 1. The first-order valence-electron chi connectivity index (χ1n) is 7.34. The molecule has 3 rings (SSSR count). The van der Waals surface area contributed by atoms with Crippen molar-refractivity contribution in [3.05, 3.63) is 71.8 Å². The summed E-state index contributed by atoms with van der Waals surface area (Å²) in [4.78, 5) is 13.4. The topological polar surface area (TPSA) is 29.1 Å². The summed E-state index contributed by atoms with van der Waals surface area (Å²) in [5, 5.41) is 5.76. The van der Waals surface area contributed by atoms with E-state index in [1.165, 1.54) is 11.8 Å². The molecule has 0 aliphatic heterocycles. The first kappa shape index (κ1) is 15.9. The maximum Gasteiger partial charge on any atom is 0.237 e. The summed E-state index contributed by atoms with van der Waals surface area (Å²) in [7, 11) is 0. The standard InChI is InChI=1S/C19H16ClNOS/c1-13(23-18-10-7-16(20)8-11-18)19(22)21-17-9-6-14-4-2-3-5-15(14)12-17/h2-13H,1H3,(H,21,22). The Morgan fingerprint density at radius 2 is 1.70 bits per heavy atom. The second kappa shape index (κ2) is 7.07. The van der Waals surface area contributed by atoms with Crippen molar-refractivity contribution in [2.75, 3.05) is 5.32 Å². The Labute approximate surface area is 144 Å². The lowest BCUT2D eigenvalue weighted by molar-refractivity contribution is -0.115. The van der Waals surface area contributed by atoms with Crippen molar-refractivity contribution in [3.8, 4) is 0 Å². The fraction of sp³-hybridized carbons (Fsp3) is 0.105. The molecular formula is C19H16ClNOS. The van der Waals surface area contributed by atoms with Crippen LogP contribution in [0.4, 0.5) is 5.69 Å². The van der Waals surface area contributed by atoms with Gasteiger partial charge in [-0.05, 0) is 54.1 Å². The third-order valence-corrected chi connectivity index (χ3v) is 4.88. The number of hydrogen-bond donors (Lipinski definition) is 1. The number of carbonyl (C=O) groups excluding carboxylic acids is 1. The number of hydrogen-bond acceptors (Lipinski definition) is 2. The number of rotatable bonds is 4. The Balaban J connectivity index is 1.68. The number of nitrogens with one attached hydrogen (secondary N) is 1. The molecule has 116 valence electrons. The zero-order chi connectivity index (χ0) is 16.2. The van der Waals surface area contributed by atoms with Crippen molar-refractivity contribution in [3.63, 3.8) is 0 Å². The summed E-state index contributed by atoms with van der Waals surface area (Å²) in [5.41, 5.74) is 0.817. The lowest BCUT2D eigenvalue weighted by Gasteiger charge is -2.12. The predicted molar refractivity (Wildman–Crippen MR) is 99.3 cm³/mol. The Hall–Kier alpha value is -1.97. The third-order valence-electron chi connectivity index (χ3n) is 3.51. The first-order valence-corrected chi connectivity index (χ1v) is 8.59. The first-order chi connectivity index (χ1) is 11.1. The van der Waals surface area contributed by atoms with E-state index in [4.69, 9.17) is 11.6 Å². The average Bonchev–Trinajstić information content (AvgIpc) is 2.56. The zero-order valence-corrected chi connectivity index (χ0v) is 14.2. The van der Waals surface area contributed by atoms with E-state index in [0.717, 1.165) is 21.4 Å². The summed E-state index contributed by atoms with van der Waals surface area (Å²) < 4.78 is 0. The van der Waals surface area contributed by atoms with E-state index in [1.54, 1.807) is 0 Å². The van der Waals surface area contributed by atoms with Gasteiger partial charge in [0.15, 0.2) is 0 Å². The Morgan fingerprint density at radius 3 is 2.43 bits per heavy atom. The third kappa shape index (κ3) is 4.06. The van der Waals surface area contributed by atoms with Gasteiger partial charge in [-0.25, -0.2) is 0 Å². The molecule has 4 heteroatoms. The smallest absolute Gasteiger partial charge is 0.237 e. The Morgan fingerprint density at radius 1 is 1.00 bits per heavy atom. The number of anilines is 1. The summed E-state index contributed by atoms with van der Waals surface area (Å²) in [6, 6.07) is 21.5. The number of benzene rings is 3. The van der Waals surface area contributed by atoms with Gasteiger partial charge in [-0.15, -0.1) is 11.8 Å². The van der Waals surface area contributed by atoms with Crippen molar-refractivity contribution in [2.45, 2.75) is 17.1 Å². The summed E-state index contributed by atoms with van der Waals surface area (Å²) in [5.74, 6) is -0.0137. The van der Waals surface area contributed by atoms with Crippen LogP contribution in [0.5, 0.6) is 0 Å². The minimum absolute atomic E-state index is 0.0137. The van der Waals surface area contributed by atoms with Gasteiger partial charge in [0.2, 0.25) is 5.91 Å². The van der Waals surface area contributed by atoms with Gasteiger partial charge in [0, 0.05) is 15.6 Å². The molecule has 2 nitrogen and oxygen atoms in total. The monoisotopic (exact) mass is 341 g/mol. The molecule has 1 N–H and O–H groups in total. The van der Waals surface area contributed by atoms with Crippen molar-refractivity contribution in [1.29, 1.82) is 0 Å². The minimum Gasteiger partial charge on any atom is -0.325 e. The van der Waals surface area contributed by atoms with Gasteiger partial charge >= 0.3 is 0 Å². The molecule has 1 unspecified atom stereocenters. The van der Waals surface area contributed by atoms with Gasteiger partial charge in [-0.1, -0.05) is 41.9 Å². The normalized spacial score (nSPS) is 12.1. The van der Waals surface area contributed by atoms with Crippen LogP contribution in [0.1, 0.15) is 6.92 Å². The van der Waals surface area contributed by atoms with Crippen LogP contribution in [0.25, 0.3) is 10.8 Å². The van der Waals surface area contributed by atoms with Crippen LogP contribution in [-0.2, 0) is 4.79 Å². The van der Waals surface area contributed by atoms with E-state index in [0.29, 0.717) is 5.02 Å². The molecule has 0 aromatic heterocycles. The molecule has 0 saturated heterocycles. The summed E-state index contributed by atoms with van der Waals surface area (Å²) in [6.07, 6.45) is 0. The van der Waals surface area contributed by atoms with Crippen LogP contribution in [0.2, 0.25) is 5.02 Å². The molecular weight excluding hydrogens is 326 g/mol. The lowest BCUT2D eigenvalue weighted by atomic mass is 10.1. The molecule has 0 fully saturated rings.